The number of fused-ring (bicyclic) bond motifs is 1. The van der Waals surface area contributed by atoms with Crippen LogP contribution >= 0.6 is 15.9 Å². The summed E-state index contributed by atoms with van der Waals surface area (Å²) in [5.74, 6) is -0.778. The molecule has 3 aromatic carbocycles. The zero-order valence-corrected chi connectivity index (χ0v) is 23.4. The summed E-state index contributed by atoms with van der Waals surface area (Å²) in [6, 6.07) is 14.1. The first-order valence-electron chi connectivity index (χ1n) is 12.2. The molecule has 12 heteroatoms. The molecule has 0 saturated heterocycles. The second kappa shape index (κ2) is 12.1. The maximum absolute atomic E-state index is 13.4. The van der Waals surface area contributed by atoms with Gasteiger partial charge in [0, 0.05) is 22.0 Å². The highest BCUT2D eigenvalue weighted by Gasteiger charge is 2.23. The zero-order chi connectivity index (χ0) is 29.0. The molecule has 4 aromatic rings. The van der Waals surface area contributed by atoms with Crippen LogP contribution in [0.4, 0.5) is 5.69 Å². The molecule has 0 saturated carbocycles. The van der Waals surface area contributed by atoms with Crippen LogP contribution in [0.5, 0.6) is 11.5 Å². The number of hydrogen-bond donors (Lipinski definition) is 1. The quantitative estimate of drug-likeness (QED) is 0.136. The van der Waals surface area contributed by atoms with Gasteiger partial charge in [0.1, 0.15) is 12.4 Å². The Hall–Kier alpha value is -4.58. The van der Waals surface area contributed by atoms with Crippen LogP contribution in [0.2, 0.25) is 0 Å². The van der Waals surface area contributed by atoms with Gasteiger partial charge in [-0.1, -0.05) is 41.9 Å². The topological polar surface area (TPSA) is 146 Å². The molecule has 1 N–H and O–H groups in total. The number of hydrogen-bond acceptors (Lipinski definition) is 8. The lowest BCUT2D eigenvalue weighted by atomic mass is 10.1. The summed E-state index contributed by atoms with van der Waals surface area (Å²) in [6.45, 7) is 3.78. The van der Waals surface area contributed by atoms with Crippen molar-refractivity contribution < 1.29 is 24.3 Å². The maximum Gasteiger partial charge on any atom is 0.335 e. The number of carboxylic acid groups (broad SMARTS) is 1. The molecule has 0 bridgehead atoms. The number of carboxylic acids is 1. The van der Waals surface area contributed by atoms with E-state index >= 15 is 0 Å². The maximum atomic E-state index is 13.4. The Morgan fingerprint density at radius 1 is 1.25 bits per heavy atom. The molecular formula is C28H25BrN4O7. The van der Waals surface area contributed by atoms with Crippen LogP contribution in [-0.4, -0.2) is 39.0 Å². The van der Waals surface area contributed by atoms with Crippen molar-refractivity contribution in [2.45, 2.75) is 32.8 Å². The van der Waals surface area contributed by atoms with E-state index in [1.165, 1.54) is 42.3 Å². The minimum Gasteiger partial charge on any atom is -0.493 e. The van der Waals surface area contributed by atoms with Crippen LogP contribution < -0.4 is 15.0 Å². The van der Waals surface area contributed by atoms with Crippen molar-refractivity contribution in [2.24, 2.45) is 5.10 Å². The van der Waals surface area contributed by atoms with E-state index in [2.05, 4.69) is 26.0 Å². The van der Waals surface area contributed by atoms with Crippen LogP contribution in [0.15, 0.2) is 69.0 Å². The van der Waals surface area contributed by atoms with E-state index in [0.717, 1.165) is 4.47 Å². The van der Waals surface area contributed by atoms with E-state index < -0.39 is 10.9 Å². The number of nitro benzene ring substituents is 1. The molecule has 1 heterocycles. The molecule has 4 rings (SSSR count). The molecule has 0 amide bonds. The fraction of sp³-hybridized carbons (Fsp3) is 0.214. The first-order valence-corrected chi connectivity index (χ1v) is 13.0. The highest BCUT2D eigenvalue weighted by molar-refractivity contribution is 9.10. The fourth-order valence-corrected chi connectivity index (χ4v) is 4.33. The molecule has 1 aromatic heterocycles. The van der Waals surface area contributed by atoms with Gasteiger partial charge < -0.3 is 14.6 Å². The smallest absolute Gasteiger partial charge is 0.335 e. The number of nitrogens with zero attached hydrogens (tertiary/aromatic N) is 4. The van der Waals surface area contributed by atoms with Gasteiger partial charge >= 0.3 is 11.7 Å². The number of halogens is 1. The third kappa shape index (κ3) is 6.01. The highest BCUT2D eigenvalue weighted by atomic mass is 79.9. The molecule has 40 heavy (non-hydrogen) atoms. The number of aromatic nitrogens is 2. The third-order valence-electron chi connectivity index (χ3n) is 6.24. The number of benzene rings is 3. The van der Waals surface area contributed by atoms with Gasteiger partial charge in [-0.15, -0.1) is 0 Å². The van der Waals surface area contributed by atoms with Gasteiger partial charge in [0.15, 0.2) is 5.75 Å². The van der Waals surface area contributed by atoms with Gasteiger partial charge in [-0.2, -0.15) is 9.78 Å². The summed E-state index contributed by atoms with van der Waals surface area (Å²) in [5, 5.41) is 25.9. The van der Waals surface area contributed by atoms with Crippen molar-refractivity contribution in [3.63, 3.8) is 0 Å². The standard InChI is InChI=1S/C28H25BrN4O7/c1-4-16(2)26-31-22-9-8-20(29)13-21(22)27(34)32(26)30-14-18-11-23(33(37)38)25(24(12-18)39-3)40-15-17-6-5-7-19(10-17)28(35)36/h5-14,16H,4,15H2,1-3H3,(H,35,36)/t16-/m1/s1. The summed E-state index contributed by atoms with van der Waals surface area (Å²) in [7, 11) is 1.34. The molecule has 0 spiro atoms. The van der Waals surface area contributed by atoms with Gasteiger partial charge in [0.25, 0.3) is 5.56 Å². The average molecular weight is 609 g/mol. The predicted octanol–water partition coefficient (Wildman–Crippen LogP) is 5.75. The normalized spacial score (nSPS) is 12.0. The van der Waals surface area contributed by atoms with E-state index in [1.54, 1.807) is 30.3 Å². The van der Waals surface area contributed by atoms with Gasteiger partial charge in [-0.05, 0) is 48.4 Å². The molecule has 0 aliphatic heterocycles. The first kappa shape index (κ1) is 28.4. The van der Waals surface area contributed by atoms with Crippen molar-refractivity contribution in [1.82, 2.24) is 9.66 Å². The average Bonchev–Trinajstić information content (AvgIpc) is 2.95. The molecule has 0 radical (unpaired) electrons. The largest absolute Gasteiger partial charge is 0.493 e. The predicted molar refractivity (Wildman–Crippen MR) is 153 cm³/mol. The van der Waals surface area contributed by atoms with E-state index in [4.69, 9.17) is 9.47 Å². The van der Waals surface area contributed by atoms with Crippen LogP contribution in [-0.2, 0) is 6.61 Å². The lowest BCUT2D eigenvalue weighted by Crippen LogP contribution is -2.23. The Kier molecular flexibility index (Phi) is 8.58. The Bertz CT molecular complexity index is 1700. The molecule has 0 unspecified atom stereocenters. The number of aromatic carboxylic acids is 1. The van der Waals surface area contributed by atoms with Crippen molar-refractivity contribution >= 4 is 44.7 Å². The van der Waals surface area contributed by atoms with Crippen molar-refractivity contribution in [1.29, 1.82) is 0 Å². The Labute approximate surface area is 237 Å². The van der Waals surface area contributed by atoms with E-state index in [9.17, 15) is 24.8 Å². The molecule has 0 aliphatic carbocycles. The summed E-state index contributed by atoms with van der Waals surface area (Å²) in [6.07, 6.45) is 2.04. The molecule has 0 aliphatic rings. The Morgan fingerprint density at radius 3 is 2.70 bits per heavy atom. The lowest BCUT2D eigenvalue weighted by molar-refractivity contribution is -0.386. The monoisotopic (exact) mass is 608 g/mol. The van der Waals surface area contributed by atoms with Gasteiger partial charge in [0.2, 0.25) is 5.75 Å². The summed E-state index contributed by atoms with van der Waals surface area (Å²) in [4.78, 5) is 40.6. The fourth-order valence-electron chi connectivity index (χ4n) is 3.97. The molecule has 0 fully saturated rings. The molecule has 11 nitrogen and oxygen atoms in total. The lowest BCUT2D eigenvalue weighted by Gasteiger charge is -2.14. The Balaban J connectivity index is 1.75. The molecular weight excluding hydrogens is 584 g/mol. The number of methoxy groups -OCH3 is 1. The summed E-state index contributed by atoms with van der Waals surface area (Å²) >= 11 is 3.38. The number of rotatable bonds is 10. The first-order chi connectivity index (χ1) is 19.1. The minimum absolute atomic E-state index is 0.0664. The molecule has 206 valence electrons. The van der Waals surface area contributed by atoms with Crippen molar-refractivity contribution in [3.8, 4) is 11.5 Å². The van der Waals surface area contributed by atoms with Crippen LogP contribution in [0.1, 0.15) is 53.5 Å². The van der Waals surface area contributed by atoms with E-state index in [0.29, 0.717) is 34.3 Å². The van der Waals surface area contributed by atoms with Crippen LogP contribution in [0, 0.1) is 10.1 Å². The van der Waals surface area contributed by atoms with E-state index in [-0.39, 0.29) is 40.8 Å². The van der Waals surface area contributed by atoms with Crippen molar-refractivity contribution in [3.05, 3.63) is 102 Å². The van der Waals surface area contributed by atoms with Crippen LogP contribution in [0.3, 0.4) is 0 Å². The number of carbonyl (C=O) groups is 1. The number of nitro groups is 1. The van der Waals surface area contributed by atoms with Gasteiger partial charge in [0.05, 0.1) is 34.7 Å². The SMILES string of the molecule is CC[C@@H](C)c1nc2ccc(Br)cc2c(=O)n1N=Cc1cc(OC)c(OCc2cccc(C(=O)O)c2)c([N+](=O)[O-])c1. The number of ether oxygens (including phenoxy) is 2. The molecule has 1 atom stereocenters. The summed E-state index contributed by atoms with van der Waals surface area (Å²) < 4.78 is 13.0. The zero-order valence-electron chi connectivity index (χ0n) is 21.8. The third-order valence-corrected chi connectivity index (χ3v) is 6.73. The second-order valence-corrected chi connectivity index (χ2v) is 9.84. The summed E-state index contributed by atoms with van der Waals surface area (Å²) in [5.41, 5.74) is 0.654. The van der Waals surface area contributed by atoms with Gasteiger partial charge in [-0.3, -0.25) is 14.9 Å². The van der Waals surface area contributed by atoms with Crippen molar-refractivity contribution in [2.75, 3.05) is 7.11 Å². The minimum atomic E-state index is -1.10. The highest BCUT2D eigenvalue weighted by Crippen LogP contribution is 2.38. The Morgan fingerprint density at radius 2 is 2.02 bits per heavy atom. The second-order valence-electron chi connectivity index (χ2n) is 8.93. The van der Waals surface area contributed by atoms with E-state index in [1.807, 2.05) is 13.8 Å². The van der Waals surface area contributed by atoms with Gasteiger partial charge in [-0.25, -0.2) is 9.78 Å². The van der Waals surface area contributed by atoms with Crippen LogP contribution in [0.25, 0.3) is 10.9 Å².